The number of hydrogen-bond donors (Lipinski definition) is 0. The van der Waals surface area contributed by atoms with E-state index in [9.17, 15) is 0 Å². The van der Waals surface area contributed by atoms with E-state index in [2.05, 4.69) is 88.7 Å². The van der Waals surface area contributed by atoms with Crippen LogP contribution in [0.25, 0.3) is 10.8 Å². The molecular weight excluding hydrogens is 330 g/mol. The average Bonchev–Trinajstić information content (AvgIpc) is 2.74. The molecular formula is C24H27N3. The third-order valence-electron chi connectivity index (χ3n) is 5.38. The van der Waals surface area contributed by atoms with Crippen molar-refractivity contribution in [3.05, 3.63) is 83.4 Å². The average molecular weight is 358 g/mol. The van der Waals surface area contributed by atoms with Gasteiger partial charge in [-0.05, 0) is 33.9 Å². The highest BCUT2D eigenvalue weighted by atomic mass is 15.5. The van der Waals surface area contributed by atoms with Crippen LogP contribution in [0.5, 0.6) is 0 Å². The van der Waals surface area contributed by atoms with Gasteiger partial charge in [-0.3, -0.25) is 9.91 Å². The Hall–Kier alpha value is -2.65. The molecule has 0 radical (unpaired) electrons. The lowest BCUT2D eigenvalue weighted by Gasteiger charge is -2.33. The van der Waals surface area contributed by atoms with Gasteiger partial charge < -0.3 is 0 Å². The first-order chi connectivity index (χ1) is 13.3. The summed E-state index contributed by atoms with van der Waals surface area (Å²) in [5.74, 6) is 0. The zero-order valence-corrected chi connectivity index (χ0v) is 16.0. The van der Waals surface area contributed by atoms with E-state index in [4.69, 9.17) is 0 Å². The molecule has 0 unspecified atom stereocenters. The smallest absolute Gasteiger partial charge is 0.0542 e. The fourth-order valence-corrected chi connectivity index (χ4v) is 3.67. The van der Waals surface area contributed by atoms with Crippen LogP contribution < -0.4 is 0 Å². The van der Waals surface area contributed by atoms with Gasteiger partial charge in [-0.2, -0.15) is 5.10 Å². The molecule has 1 aliphatic rings. The monoisotopic (exact) mass is 357 g/mol. The summed E-state index contributed by atoms with van der Waals surface area (Å²) in [6, 6.07) is 24.0. The van der Waals surface area contributed by atoms with Crippen molar-refractivity contribution in [2.24, 2.45) is 5.10 Å². The predicted octanol–water partition coefficient (Wildman–Crippen LogP) is 4.55. The topological polar surface area (TPSA) is 18.8 Å². The molecule has 0 aliphatic carbocycles. The maximum absolute atomic E-state index is 4.68. The van der Waals surface area contributed by atoms with E-state index < -0.39 is 0 Å². The molecule has 138 valence electrons. The Morgan fingerprint density at radius 1 is 0.852 bits per heavy atom. The molecule has 1 aliphatic heterocycles. The van der Waals surface area contributed by atoms with Crippen LogP contribution in [0.2, 0.25) is 0 Å². The van der Waals surface area contributed by atoms with E-state index in [0.29, 0.717) is 0 Å². The summed E-state index contributed by atoms with van der Waals surface area (Å²) in [4.78, 5) is 2.53. The number of nitrogens with zero attached hydrogens (tertiary/aromatic N) is 3. The third-order valence-corrected chi connectivity index (χ3v) is 5.38. The fraction of sp³-hybridized carbons (Fsp3) is 0.292. The molecule has 0 bridgehead atoms. The van der Waals surface area contributed by atoms with Crippen molar-refractivity contribution in [2.45, 2.75) is 19.9 Å². The standard InChI is InChI=1S/C24H27N3/c1-2-20-10-12-21(13-11-20)18-25-27-16-14-26(15-17-27)19-23-8-5-7-22-6-3-4-9-24(22)23/h3-13,18H,2,14-17,19H2,1H3/b25-18+. The number of hydrazone groups is 1. The lowest BCUT2D eigenvalue weighted by molar-refractivity contribution is 0.131. The highest BCUT2D eigenvalue weighted by Crippen LogP contribution is 2.20. The van der Waals surface area contributed by atoms with E-state index in [1.165, 1.54) is 27.5 Å². The molecule has 1 heterocycles. The second-order valence-electron chi connectivity index (χ2n) is 7.21. The van der Waals surface area contributed by atoms with Crippen molar-refractivity contribution >= 4 is 17.0 Å². The minimum atomic E-state index is 0.980. The first-order valence-corrected chi connectivity index (χ1v) is 9.88. The SMILES string of the molecule is CCc1ccc(/C=N/N2CCN(Cc3cccc4ccccc34)CC2)cc1. The van der Waals surface area contributed by atoms with Crippen molar-refractivity contribution in [1.29, 1.82) is 0 Å². The minimum Gasteiger partial charge on any atom is -0.295 e. The zero-order valence-electron chi connectivity index (χ0n) is 16.0. The molecule has 1 saturated heterocycles. The largest absolute Gasteiger partial charge is 0.295 e. The molecule has 1 fully saturated rings. The van der Waals surface area contributed by atoms with Gasteiger partial charge in [-0.1, -0.05) is 73.7 Å². The van der Waals surface area contributed by atoms with Crippen LogP contribution in [0.3, 0.4) is 0 Å². The second-order valence-corrected chi connectivity index (χ2v) is 7.21. The van der Waals surface area contributed by atoms with Crippen LogP contribution in [0.1, 0.15) is 23.6 Å². The molecule has 27 heavy (non-hydrogen) atoms. The molecule has 4 rings (SSSR count). The van der Waals surface area contributed by atoms with Gasteiger partial charge in [0, 0.05) is 32.7 Å². The van der Waals surface area contributed by atoms with Crippen LogP contribution in [0.15, 0.2) is 71.8 Å². The summed E-state index contributed by atoms with van der Waals surface area (Å²) in [5, 5.41) is 9.57. The lowest BCUT2D eigenvalue weighted by Crippen LogP contribution is -2.43. The number of aryl methyl sites for hydroxylation is 1. The molecule has 0 amide bonds. The Morgan fingerprint density at radius 2 is 1.59 bits per heavy atom. The summed E-state index contributed by atoms with van der Waals surface area (Å²) in [5.41, 5.74) is 3.96. The van der Waals surface area contributed by atoms with Crippen molar-refractivity contribution in [3.8, 4) is 0 Å². The van der Waals surface area contributed by atoms with Gasteiger partial charge in [-0.15, -0.1) is 0 Å². The third kappa shape index (κ3) is 4.37. The van der Waals surface area contributed by atoms with Crippen LogP contribution in [0, 0.1) is 0 Å². The minimum absolute atomic E-state index is 0.980. The van der Waals surface area contributed by atoms with Crippen molar-refractivity contribution in [3.63, 3.8) is 0 Å². The Morgan fingerprint density at radius 3 is 2.37 bits per heavy atom. The molecule has 3 aromatic carbocycles. The van der Waals surface area contributed by atoms with Crippen molar-refractivity contribution < 1.29 is 0 Å². The van der Waals surface area contributed by atoms with Gasteiger partial charge in [0.2, 0.25) is 0 Å². The van der Waals surface area contributed by atoms with E-state index in [-0.39, 0.29) is 0 Å². The van der Waals surface area contributed by atoms with E-state index >= 15 is 0 Å². The van der Waals surface area contributed by atoms with E-state index in [1.807, 2.05) is 6.21 Å². The van der Waals surface area contributed by atoms with Crippen molar-refractivity contribution in [2.75, 3.05) is 26.2 Å². The van der Waals surface area contributed by atoms with Crippen LogP contribution >= 0.6 is 0 Å². The number of rotatable bonds is 5. The highest BCUT2D eigenvalue weighted by molar-refractivity contribution is 5.85. The Balaban J connectivity index is 1.34. The lowest BCUT2D eigenvalue weighted by atomic mass is 10.0. The van der Waals surface area contributed by atoms with Crippen LogP contribution in [0.4, 0.5) is 0 Å². The maximum atomic E-state index is 4.68. The summed E-state index contributed by atoms with van der Waals surface area (Å²) < 4.78 is 0. The molecule has 0 aromatic heterocycles. The normalized spacial score (nSPS) is 15.7. The van der Waals surface area contributed by atoms with Gasteiger partial charge in [0.1, 0.15) is 0 Å². The summed E-state index contributed by atoms with van der Waals surface area (Å²) >= 11 is 0. The maximum Gasteiger partial charge on any atom is 0.0542 e. The van der Waals surface area contributed by atoms with Gasteiger partial charge in [-0.25, -0.2) is 0 Å². The number of hydrogen-bond acceptors (Lipinski definition) is 3. The molecule has 3 heteroatoms. The summed E-state index contributed by atoms with van der Waals surface area (Å²) in [6.07, 6.45) is 3.07. The summed E-state index contributed by atoms with van der Waals surface area (Å²) in [6.45, 7) is 7.26. The first kappa shape index (κ1) is 17.7. The molecule has 3 aromatic rings. The van der Waals surface area contributed by atoms with Crippen LogP contribution in [-0.4, -0.2) is 42.3 Å². The second kappa shape index (κ2) is 8.36. The first-order valence-electron chi connectivity index (χ1n) is 9.88. The van der Waals surface area contributed by atoms with Gasteiger partial charge in [0.05, 0.1) is 6.21 Å². The quantitative estimate of drug-likeness (QED) is 0.624. The molecule has 3 nitrogen and oxygen atoms in total. The number of benzene rings is 3. The molecule has 0 N–H and O–H groups in total. The Bertz CT molecular complexity index is 901. The fourth-order valence-electron chi connectivity index (χ4n) is 3.67. The number of fused-ring (bicyclic) bond motifs is 1. The van der Waals surface area contributed by atoms with Gasteiger partial charge >= 0.3 is 0 Å². The predicted molar refractivity (Wildman–Crippen MR) is 114 cm³/mol. The molecule has 0 saturated carbocycles. The Labute approximate surface area is 161 Å². The highest BCUT2D eigenvalue weighted by Gasteiger charge is 2.16. The molecule has 0 atom stereocenters. The molecule has 0 spiro atoms. The van der Waals surface area contributed by atoms with Crippen LogP contribution in [-0.2, 0) is 13.0 Å². The van der Waals surface area contributed by atoms with Gasteiger partial charge in [0.15, 0.2) is 0 Å². The van der Waals surface area contributed by atoms with E-state index in [1.54, 1.807) is 0 Å². The van der Waals surface area contributed by atoms with Gasteiger partial charge in [0.25, 0.3) is 0 Å². The Kier molecular flexibility index (Phi) is 5.50. The zero-order chi connectivity index (χ0) is 18.5. The number of piperazine rings is 1. The van der Waals surface area contributed by atoms with E-state index in [0.717, 1.165) is 39.1 Å². The van der Waals surface area contributed by atoms with Crippen molar-refractivity contribution in [1.82, 2.24) is 9.91 Å². The summed E-state index contributed by atoms with van der Waals surface area (Å²) in [7, 11) is 0.